The van der Waals surface area contributed by atoms with Crippen molar-refractivity contribution in [2.24, 2.45) is 16.6 Å². The van der Waals surface area contributed by atoms with Gasteiger partial charge in [0.15, 0.2) is 5.96 Å². The normalized spacial score (nSPS) is 16.4. The Hall–Kier alpha value is -1.79. The maximum absolute atomic E-state index is 5.86. The van der Waals surface area contributed by atoms with E-state index in [4.69, 9.17) is 15.2 Å². The van der Waals surface area contributed by atoms with Crippen molar-refractivity contribution in [3.8, 4) is 5.75 Å². The van der Waals surface area contributed by atoms with E-state index in [0.29, 0.717) is 25.0 Å². The SMILES string of the molecule is CC(C)CNC(N)=NCc1cccc(OCCN2CCOCC2)c1. The number of benzene rings is 1. The summed E-state index contributed by atoms with van der Waals surface area (Å²) in [5.74, 6) is 1.91. The zero-order valence-corrected chi connectivity index (χ0v) is 14.8. The highest BCUT2D eigenvalue weighted by molar-refractivity contribution is 5.77. The zero-order chi connectivity index (χ0) is 17.2. The third-order valence-electron chi connectivity index (χ3n) is 3.80. The van der Waals surface area contributed by atoms with Crippen LogP contribution in [0.5, 0.6) is 5.75 Å². The molecule has 24 heavy (non-hydrogen) atoms. The van der Waals surface area contributed by atoms with E-state index in [2.05, 4.69) is 29.1 Å². The molecule has 6 nitrogen and oxygen atoms in total. The Kier molecular flexibility index (Phi) is 7.85. The summed E-state index contributed by atoms with van der Waals surface area (Å²) in [6.45, 7) is 10.9. The van der Waals surface area contributed by atoms with E-state index in [9.17, 15) is 0 Å². The molecule has 1 aliphatic rings. The molecule has 1 aromatic carbocycles. The van der Waals surface area contributed by atoms with Gasteiger partial charge in [0.1, 0.15) is 12.4 Å². The maximum atomic E-state index is 5.86. The lowest BCUT2D eigenvalue weighted by molar-refractivity contribution is 0.0322. The van der Waals surface area contributed by atoms with E-state index in [-0.39, 0.29) is 0 Å². The van der Waals surface area contributed by atoms with Crippen molar-refractivity contribution < 1.29 is 9.47 Å². The van der Waals surface area contributed by atoms with Gasteiger partial charge in [-0.05, 0) is 23.6 Å². The topological polar surface area (TPSA) is 72.1 Å². The molecule has 0 amide bonds. The number of hydrogen-bond donors (Lipinski definition) is 2. The van der Waals surface area contributed by atoms with Crippen LogP contribution in [0.25, 0.3) is 0 Å². The van der Waals surface area contributed by atoms with Gasteiger partial charge in [-0.1, -0.05) is 26.0 Å². The molecule has 1 saturated heterocycles. The fourth-order valence-corrected chi connectivity index (χ4v) is 2.39. The number of morpholine rings is 1. The Morgan fingerprint density at radius 3 is 2.92 bits per heavy atom. The fourth-order valence-electron chi connectivity index (χ4n) is 2.39. The smallest absolute Gasteiger partial charge is 0.188 e. The standard InChI is InChI=1S/C18H30N4O2/c1-15(2)13-20-18(19)21-14-16-4-3-5-17(12-16)24-11-8-22-6-9-23-10-7-22/h3-5,12,15H,6-11,13-14H2,1-2H3,(H3,19,20,21). The number of nitrogens with one attached hydrogen (secondary N) is 1. The van der Waals surface area contributed by atoms with Gasteiger partial charge in [0.05, 0.1) is 19.8 Å². The lowest BCUT2D eigenvalue weighted by Gasteiger charge is -2.26. The van der Waals surface area contributed by atoms with Crippen LogP contribution in [0.15, 0.2) is 29.3 Å². The van der Waals surface area contributed by atoms with Gasteiger partial charge in [-0.25, -0.2) is 4.99 Å². The third kappa shape index (κ3) is 7.19. The lowest BCUT2D eigenvalue weighted by Crippen LogP contribution is -2.38. The van der Waals surface area contributed by atoms with Crippen LogP contribution in [0.2, 0.25) is 0 Å². The molecule has 0 unspecified atom stereocenters. The van der Waals surface area contributed by atoms with Gasteiger partial charge in [-0.2, -0.15) is 0 Å². The molecule has 0 saturated carbocycles. The average Bonchev–Trinajstić information content (AvgIpc) is 2.59. The molecule has 0 spiro atoms. The molecular formula is C18H30N4O2. The summed E-state index contributed by atoms with van der Waals surface area (Å²) in [4.78, 5) is 6.73. The number of rotatable bonds is 8. The van der Waals surface area contributed by atoms with E-state index in [0.717, 1.165) is 50.7 Å². The van der Waals surface area contributed by atoms with E-state index < -0.39 is 0 Å². The third-order valence-corrected chi connectivity index (χ3v) is 3.80. The zero-order valence-electron chi connectivity index (χ0n) is 14.8. The molecule has 134 valence electrons. The molecule has 0 radical (unpaired) electrons. The molecule has 0 atom stereocenters. The minimum absolute atomic E-state index is 0.488. The molecule has 1 heterocycles. The molecule has 0 bridgehead atoms. The Labute approximate surface area is 145 Å². The Morgan fingerprint density at radius 2 is 2.17 bits per heavy atom. The Balaban J connectivity index is 1.75. The van der Waals surface area contributed by atoms with E-state index >= 15 is 0 Å². The highest BCUT2D eigenvalue weighted by Gasteiger charge is 2.09. The molecule has 3 N–H and O–H groups in total. The second-order valence-corrected chi connectivity index (χ2v) is 6.43. The monoisotopic (exact) mass is 334 g/mol. The molecule has 6 heteroatoms. The molecule has 1 aliphatic heterocycles. The van der Waals surface area contributed by atoms with Crippen molar-refractivity contribution in [3.63, 3.8) is 0 Å². The van der Waals surface area contributed by atoms with Crippen LogP contribution in [-0.4, -0.2) is 56.9 Å². The van der Waals surface area contributed by atoms with Gasteiger partial charge in [-0.3, -0.25) is 4.90 Å². The van der Waals surface area contributed by atoms with Crippen LogP contribution < -0.4 is 15.8 Å². The molecule has 1 fully saturated rings. The number of nitrogens with two attached hydrogens (primary N) is 1. The number of hydrogen-bond acceptors (Lipinski definition) is 4. The highest BCUT2D eigenvalue weighted by Crippen LogP contribution is 2.14. The summed E-state index contributed by atoms with van der Waals surface area (Å²) in [7, 11) is 0. The van der Waals surface area contributed by atoms with Crippen LogP contribution in [0, 0.1) is 5.92 Å². The van der Waals surface area contributed by atoms with Crippen LogP contribution in [0.4, 0.5) is 0 Å². The summed E-state index contributed by atoms with van der Waals surface area (Å²) < 4.78 is 11.2. The highest BCUT2D eigenvalue weighted by atomic mass is 16.5. The number of guanidine groups is 1. The quantitative estimate of drug-likeness (QED) is 0.556. The van der Waals surface area contributed by atoms with Crippen molar-refractivity contribution in [1.29, 1.82) is 0 Å². The van der Waals surface area contributed by atoms with Crippen LogP contribution >= 0.6 is 0 Å². The summed E-state index contributed by atoms with van der Waals surface area (Å²) >= 11 is 0. The number of ether oxygens (including phenoxy) is 2. The van der Waals surface area contributed by atoms with Crippen molar-refractivity contribution in [2.75, 3.05) is 46.0 Å². The van der Waals surface area contributed by atoms with Gasteiger partial charge >= 0.3 is 0 Å². The predicted molar refractivity (Wildman–Crippen MR) is 97.4 cm³/mol. The first-order valence-corrected chi connectivity index (χ1v) is 8.69. The number of aliphatic imine (C=N–C) groups is 1. The van der Waals surface area contributed by atoms with Crippen molar-refractivity contribution >= 4 is 5.96 Å². The van der Waals surface area contributed by atoms with Crippen LogP contribution in [-0.2, 0) is 11.3 Å². The predicted octanol–water partition coefficient (Wildman–Crippen LogP) is 1.46. The minimum atomic E-state index is 0.488. The van der Waals surface area contributed by atoms with E-state index in [1.165, 1.54) is 0 Å². The first-order chi connectivity index (χ1) is 11.6. The van der Waals surface area contributed by atoms with E-state index in [1.54, 1.807) is 0 Å². The van der Waals surface area contributed by atoms with Gasteiger partial charge in [-0.15, -0.1) is 0 Å². The van der Waals surface area contributed by atoms with Gasteiger partial charge < -0.3 is 20.5 Å². The summed E-state index contributed by atoms with van der Waals surface area (Å²) in [5, 5.41) is 3.12. The van der Waals surface area contributed by atoms with Crippen LogP contribution in [0.1, 0.15) is 19.4 Å². The van der Waals surface area contributed by atoms with E-state index in [1.807, 2.05) is 24.3 Å². The first-order valence-electron chi connectivity index (χ1n) is 8.69. The second-order valence-electron chi connectivity index (χ2n) is 6.43. The minimum Gasteiger partial charge on any atom is -0.492 e. The molecular weight excluding hydrogens is 304 g/mol. The lowest BCUT2D eigenvalue weighted by atomic mass is 10.2. The Morgan fingerprint density at radius 1 is 1.38 bits per heavy atom. The maximum Gasteiger partial charge on any atom is 0.188 e. The van der Waals surface area contributed by atoms with Crippen molar-refractivity contribution in [3.05, 3.63) is 29.8 Å². The molecule has 1 aromatic rings. The van der Waals surface area contributed by atoms with Crippen LogP contribution in [0.3, 0.4) is 0 Å². The fraction of sp³-hybridized carbons (Fsp3) is 0.611. The van der Waals surface area contributed by atoms with Gasteiger partial charge in [0, 0.05) is 26.2 Å². The Bertz CT molecular complexity index is 513. The largest absolute Gasteiger partial charge is 0.492 e. The first kappa shape index (κ1) is 18.5. The average molecular weight is 334 g/mol. The molecule has 0 aromatic heterocycles. The second kappa shape index (κ2) is 10.2. The van der Waals surface area contributed by atoms with Gasteiger partial charge in [0.2, 0.25) is 0 Å². The van der Waals surface area contributed by atoms with Gasteiger partial charge in [0.25, 0.3) is 0 Å². The molecule has 2 rings (SSSR count). The van der Waals surface area contributed by atoms with Crippen molar-refractivity contribution in [1.82, 2.24) is 10.2 Å². The van der Waals surface area contributed by atoms with Crippen molar-refractivity contribution in [2.45, 2.75) is 20.4 Å². The summed E-state index contributed by atoms with van der Waals surface area (Å²) in [5.41, 5.74) is 6.95. The number of nitrogens with zero attached hydrogens (tertiary/aromatic N) is 2. The summed E-state index contributed by atoms with van der Waals surface area (Å²) in [6, 6.07) is 8.03. The summed E-state index contributed by atoms with van der Waals surface area (Å²) in [6.07, 6.45) is 0. The molecule has 0 aliphatic carbocycles.